The smallest absolute Gasteiger partial charge is 0.0487 e. The van der Waals surface area contributed by atoms with Gasteiger partial charge in [-0.3, -0.25) is 0 Å². The summed E-state index contributed by atoms with van der Waals surface area (Å²) in [4.78, 5) is 0. The molecule has 1 atom stereocenters. The highest BCUT2D eigenvalue weighted by Gasteiger charge is 2.29. The summed E-state index contributed by atoms with van der Waals surface area (Å²) in [6, 6.07) is 6.90. The second-order valence-electron chi connectivity index (χ2n) is 5.08. The highest BCUT2D eigenvalue weighted by molar-refractivity contribution is 6.31. The van der Waals surface area contributed by atoms with Crippen LogP contribution >= 0.6 is 11.6 Å². The van der Waals surface area contributed by atoms with Crippen molar-refractivity contribution in [1.29, 1.82) is 0 Å². The first kappa shape index (κ1) is 9.98. The van der Waals surface area contributed by atoms with Crippen molar-refractivity contribution in [3.05, 3.63) is 34.5 Å². The number of hydrogen-bond donors (Lipinski definition) is 1. The van der Waals surface area contributed by atoms with Crippen molar-refractivity contribution in [1.82, 2.24) is 9.88 Å². The predicted molar refractivity (Wildman–Crippen MR) is 70.6 cm³/mol. The molecular formula is C14H15ClN2. The summed E-state index contributed by atoms with van der Waals surface area (Å²) in [6.45, 7) is 2.17. The molecule has 1 aliphatic heterocycles. The molecular weight excluding hydrogens is 232 g/mol. The molecule has 1 unspecified atom stereocenters. The third-order valence-electron chi connectivity index (χ3n) is 4.15. The summed E-state index contributed by atoms with van der Waals surface area (Å²) in [5, 5.41) is 5.87. The minimum atomic E-state index is 0.568. The Morgan fingerprint density at radius 1 is 1.35 bits per heavy atom. The monoisotopic (exact) mass is 246 g/mol. The lowest BCUT2D eigenvalue weighted by Gasteiger charge is -2.31. The average Bonchev–Trinajstić information content (AvgIpc) is 2.67. The molecule has 1 aliphatic carbocycles. The second-order valence-corrected chi connectivity index (χ2v) is 5.51. The van der Waals surface area contributed by atoms with E-state index in [1.807, 2.05) is 6.07 Å². The highest BCUT2D eigenvalue weighted by atomic mass is 35.5. The van der Waals surface area contributed by atoms with Gasteiger partial charge in [0.2, 0.25) is 0 Å². The number of aromatic nitrogens is 1. The molecule has 0 saturated heterocycles. The summed E-state index contributed by atoms with van der Waals surface area (Å²) in [5.41, 5.74) is 4.43. The van der Waals surface area contributed by atoms with E-state index < -0.39 is 0 Å². The quantitative estimate of drug-likeness (QED) is 0.755. The molecule has 2 heterocycles. The van der Waals surface area contributed by atoms with Crippen LogP contribution in [0.15, 0.2) is 18.2 Å². The number of benzene rings is 1. The topological polar surface area (TPSA) is 17.0 Å². The molecule has 1 aromatic heterocycles. The average molecular weight is 247 g/mol. The molecule has 88 valence electrons. The van der Waals surface area contributed by atoms with Gasteiger partial charge in [0.1, 0.15) is 0 Å². The van der Waals surface area contributed by atoms with Gasteiger partial charge in [-0.15, -0.1) is 0 Å². The molecule has 0 amide bonds. The molecule has 1 N–H and O–H groups in total. The van der Waals surface area contributed by atoms with E-state index >= 15 is 0 Å². The van der Waals surface area contributed by atoms with E-state index in [0.29, 0.717) is 6.04 Å². The van der Waals surface area contributed by atoms with Gasteiger partial charge >= 0.3 is 0 Å². The number of fused-ring (bicyclic) bond motifs is 3. The predicted octanol–water partition coefficient (Wildman–Crippen LogP) is 3.28. The van der Waals surface area contributed by atoms with Crippen molar-refractivity contribution >= 4 is 22.5 Å². The van der Waals surface area contributed by atoms with Gasteiger partial charge in [0.05, 0.1) is 0 Å². The van der Waals surface area contributed by atoms with Crippen LogP contribution in [-0.4, -0.2) is 11.1 Å². The molecule has 2 aliphatic rings. The zero-order chi connectivity index (χ0) is 11.4. The van der Waals surface area contributed by atoms with Gasteiger partial charge in [-0.2, -0.15) is 0 Å². The van der Waals surface area contributed by atoms with E-state index in [1.54, 1.807) is 0 Å². The van der Waals surface area contributed by atoms with Gasteiger partial charge in [0.25, 0.3) is 0 Å². The zero-order valence-corrected chi connectivity index (χ0v) is 10.4. The Morgan fingerprint density at radius 2 is 2.29 bits per heavy atom. The summed E-state index contributed by atoms with van der Waals surface area (Å²) in [6.07, 6.45) is 3.77. The first-order chi connectivity index (χ1) is 8.34. The van der Waals surface area contributed by atoms with Crippen LogP contribution in [0.5, 0.6) is 0 Å². The van der Waals surface area contributed by atoms with Crippen LogP contribution in [0.4, 0.5) is 0 Å². The largest absolute Gasteiger partial charge is 0.342 e. The number of nitrogens with zero attached hydrogens (tertiary/aromatic N) is 1. The lowest BCUT2D eigenvalue weighted by atomic mass is 9.91. The van der Waals surface area contributed by atoms with Crippen molar-refractivity contribution in [3.63, 3.8) is 0 Å². The van der Waals surface area contributed by atoms with Gasteiger partial charge in [-0.05, 0) is 43.0 Å². The first-order valence-corrected chi connectivity index (χ1v) is 6.76. The van der Waals surface area contributed by atoms with E-state index in [2.05, 4.69) is 22.0 Å². The molecule has 0 radical (unpaired) electrons. The Balaban J connectivity index is 2.11. The van der Waals surface area contributed by atoms with Crippen molar-refractivity contribution < 1.29 is 0 Å². The molecule has 0 spiro atoms. The minimum absolute atomic E-state index is 0.568. The maximum absolute atomic E-state index is 6.14. The van der Waals surface area contributed by atoms with Crippen LogP contribution in [-0.2, 0) is 13.0 Å². The number of nitrogens with one attached hydrogen (secondary N) is 1. The van der Waals surface area contributed by atoms with Crippen molar-refractivity contribution in [2.75, 3.05) is 6.54 Å². The Labute approximate surface area is 106 Å². The van der Waals surface area contributed by atoms with Gasteiger partial charge in [0.15, 0.2) is 0 Å². The Kier molecular flexibility index (Phi) is 2.06. The molecule has 0 fully saturated rings. The molecule has 3 heteroatoms. The minimum Gasteiger partial charge on any atom is -0.342 e. The molecule has 1 aromatic carbocycles. The molecule has 17 heavy (non-hydrogen) atoms. The fourth-order valence-electron chi connectivity index (χ4n) is 3.49. The summed E-state index contributed by atoms with van der Waals surface area (Å²) >= 11 is 6.14. The van der Waals surface area contributed by atoms with Gasteiger partial charge < -0.3 is 9.88 Å². The normalized spacial score (nSPS) is 22.8. The lowest BCUT2D eigenvalue weighted by Crippen LogP contribution is -2.35. The van der Waals surface area contributed by atoms with Crippen LogP contribution in [0.2, 0.25) is 5.02 Å². The van der Waals surface area contributed by atoms with Crippen molar-refractivity contribution in [2.24, 2.45) is 0 Å². The fourth-order valence-corrected chi connectivity index (χ4v) is 3.66. The van der Waals surface area contributed by atoms with Crippen LogP contribution in [0.1, 0.15) is 30.1 Å². The highest BCUT2D eigenvalue weighted by Crippen LogP contribution is 2.39. The van der Waals surface area contributed by atoms with Crippen LogP contribution in [0, 0.1) is 0 Å². The van der Waals surface area contributed by atoms with Crippen LogP contribution in [0.25, 0.3) is 10.9 Å². The maximum Gasteiger partial charge on any atom is 0.0487 e. The van der Waals surface area contributed by atoms with Crippen molar-refractivity contribution in [3.8, 4) is 0 Å². The lowest BCUT2D eigenvalue weighted by molar-refractivity contribution is 0.384. The summed E-state index contributed by atoms with van der Waals surface area (Å²) in [5.74, 6) is 0. The van der Waals surface area contributed by atoms with E-state index in [1.165, 1.54) is 41.4 Å². The maximum atomic E-state index is 6.14. The van der Waals surface area contributed by atoms with E-state index in [-0.39, 0.29) is 0 Å². The molecule has 4 rings (SSSR count). The number of halogens is 1. The van der Waals surface area contributed by atoms with Crippen LogP contribution < -0.4 is 5.32 Å². The molecule has 0 saturated carbocycles. The fraction of sp³-hybridized carbons (Fsp3) is 0.429. The van der Waals surface area contributed by atoms with E-state index in [4.69, 9.17) is 11.6 Å². The molecule has 2 nitrogen and oxygen atoms in total. The van der Waals surface area contributed by atoms with Gasteiger partial charge in [-0.25, -0.2) is 0 Å². The molecule has 2 aromatic rings. The summed E-state index contributed by atoms with van der Waals surface area (Å²) < 4.78 is 2.50. The zero-order valence-electron chi connectivity index (χ0n) is 9.67. The number of hydrogen-bond acceptors (Lipinski definition) is 1. The van der Waals surface area contributed by atoms with Crippen molar-refractivity contribution in [2.45, 2.75) is 31.8 Å². The first-order valence-electron chi connectivity index (χ1n) is 6.38. The van der Waals surface area contributed by atoms with E-state index in [0.717, 1.165) is 18.1 Å². The number of aryl methyl sites for hydroxylation is 1. The standard InChI is InChI=1S/C14H15ClN2/c15-9-4-5-13-11(8-9)10-2-1-3-12-14(10)17(13)7-6-16-12/h4-5,8,12,16H,1-3,6-7H2. The third-order valence-corrected chi connectivity index (χ3v) is 4.39. The van der Waals surface area contributed by atoms with Crippen LogP contribution in [0.3, 0.4) is 0 Å². The molecule has 0 bridgehead atoms. The Hall–Kier alpha value is -0.990. The third kappa shape index (κ3) is 1.31. The number of rotatable bonds is 0. The van der Waals surface area contributed by atoms with Gasteiger partial charge in [0, 0.05) is 40.8 Å². The Bertz CT molecular complexity index is 598. The SMILES string of the molecule is Clc1ccc2c(c1)c1c3n2CCNC3CCC1. The summed E-state index contributed by atoms with van der Waals surface area (Å²) in [7, 11) is 0. The second kappa shape index (κ2) is 3.50. The van der Waals surface area contributed by atoms with Gasteiger partial charge in [-0.1, -0.05) is 11.6 Å². The van der Waals surface area contributed by atoms with E-state index in [9.17, 15) is 0 Å². The Morgan fingerprint density at radius 3 is 3.24 bits per heavy atom.